The van der Waals surface area contributed by atoms with Gasteiger partial charge in [0, 0.05) is 6.42 Å². The lowest BCUT2D eigenvalue weighted by Gasteiger charge is -2.48. The highest BCUT2D eigenvalue weighted by Crippen LogP contribution is 2.33. The highest BCUT2D eigenvalue weighted by atomic mass is 16.8. The van der Waals surface area contributed by atoms with Gasteiger partial charge in [-0.2, -0.15) is 0 Å². The summed E-state index contributed by atoms with van der Waals surface area (Å²) in [5.74, 6) is -0.258. The molecule has 3 saturated heterocycles. The number of hydrogen-bond acceptors (Lipinski definition) is 18. The van der Waals surface area contributed by atoms with Crippen molar-refractivity contribution in [2.75, 3.05) is 26.4 Å². The maximum Gasteiger partial charge on any atom is 0.220 e. The molecule has 3 heterocycles. The van der Waals surface area contributed by atoms with Crippen molar-refractivity contribution in [2.24, 2.45) is 0 Å². The summed E-state index contributed by atoms with van der Waals surface area (Å²) in [6.45, 7) is 1.69. The number of aliphatic hydroxyl groups excluding tert-OH is 11. The molecule has 3 rings (SSSR count). The van der Waals surface area contributed by atoms with Gasteiger partial charge in [0.2, 0.25) is 5.91 Å². The fraction of sp³-hybridized carbons (Fsp3) is 0.900. The quantitative estimate of drug-likeness (QED) is 0.0199. The van der Waals surface area contributed by atoms with Gasteiger partial charge in [-0.3, -0.25) is 4.79 Å². The van der Waals surface area contributed by atoms with Crippen molar-refractivity contribution < 1.29 is 89.4 Å². The van der Waals surface area contributed by atoms with Crippen LogP contribution in [0, 0.1) is 0 Å². The molecule has 19 heteroatoms. The minimum absolute atomic E-state index is 0.247. The Morgan fingerprint density at radius 3 is 1.21 bits per heavy atom. The third-order valence-corrected chi connectivity index (χ3v) is 18.0. The normalized spacial score (nSPS) is 28.4. The van der Waals surface area contributed by atoms with Crippen LogP contribution < -0.4 is 5.32 Å². The van der Waals surface area contributed by atoms with Crippen molar-refractivity contribution >= 4 is 5.91 Å². The minimum Gasteiger partial charge on any atom is -0.394 e. The zero-order chi connectivity index (χ0) is 64.7. The van der Waals surface area contributed by atoms with Crippen LogP contribution in [-0.2, 0) is 33.2 Å². The zero-order valence-corrected chi connectivity index (χ0v) is 55.2. The Bertz CT molecular complexity index is 1760. The van der Waals surface area contributed by atoms with Crippen molar-refractivity contribution in [3.63, 3.8) is 0 Å². The smallest absolute Gasteiger partial charge is 0.220 e. The van der Waals surface area contributed by atoms with Gasteiger partial charge in [-0.15, -0.1) is 0 Å². The molecule has 17 unspecified atom stereocenters. The van der Waals surface area contributed by atoms with E-state index >= 15 is 0 Å². The van der Waals surface area contributed by atoms with Gasteiger partial charge in [0.1, 0.15) is 73.2 Å². The van der Waals surface area contributed by atoms with Crippen LogP contribution in [0.15, 0.2) is 36.5 Å². The average Bonchev–Trinajstić information content (AvgIpc) is 1.97. The fourth-order valence-corrected chi connectivity index (χ4v) is 12.2. The molecule has 0 aromatic rings. The van der Waals surface area contributed by atoms with E-state index < -0.39 is 124 Å². The number of carbonyl (C=O) groups excluding carboxylic acids is 1. The number of amides is 1. The highest BCUT2D eigenvalue weighted by molar-refractivity contribution is 5.76. The molecule has 19 nitrogen and oxygen atoms in total. The van der Waals surface area contributed by atoms with E-state index in [2.05, 4.69) is 55.6 Å². The van der Waals surface area contributed by atoms with Gasteiger partial charge in [0.25, 0.3) is 0 Å². The van der Waals surface area contributed by atoms with Crippen LogP contribution in [0.2, 0.25) is 0 Å². The third-order valence-electron chi connectivity index (χ3n) is 18.0. The van der Waals surface area contributed by atoms with Crippen LogP contribution >= 0.6 is 0 Å². The van der Waals surface area contributed by atoms with Gasteiger partial charge in [-0.05, 0) is 44.9 Å². The number of hydrogen-bond donors (Lipinski definition) is 12. The lowest BCUT2D eigenvalue weighted by atomic mass is 9.96. The van der Waals surface area contributed by atoms with Crippen LogP contribution in [0.3, 0.4) is 0 Å². The van der Waals surface area contributed by atoms with Crippen LogP contribution in [-0.4, -0.2) is 193 Å². The summed E-state index contributed by atoms with van der Waals surface area (Å²) >= 11 is 0. The predicted octanol–water partition coefficient (Wildman–Crippen LogP) is 9.61. The van der Waals surface area contributed by atoms with Crippen molar-refractivity contribution in [1.29, 1.82) is 0 Å². The predicted molar refractivity (Wildman–Crippen MR) is 346 cm³/mol. The standard InChI is InChI=1S/C70H129NO18/c1-3-5-7-9-11-13-15-17-19-20-21-22-23-24-25-26-27-28-29-30-31-32-34-35-37-39-41-43-45-47-54(75)53(71-58(76)48-46-44-42-40-38-36-33-18-16-14-12-10-8-6-4-2)52-84-68-64(82)61(79)66(56(50-73)86-68)89-70-65(83)62(80)67(57(51-74)87-70)88-69-63(81)60(78)59(77)55(49-72)85-69/h6,8,12,14,18,33,53-57,59-70,72-75,77-83H,3-5,7,9-11,13,15-17,19-32,34-52H2,1-2H3,(H,71,76)/b8-6-,14-12-,33-18-. The molecule has 0 aliphatic carbocycles. The first-order valence-corrected chi connectivity index (χ1v) is 35.7. The Hall–Kier alpha value is -1.99. The molecule has 0 aromatic carbocycles. The molecular weight excluding hydrogens is 1140 g/mol. The molecule has 0 radical (unpaired) electrons. The average molecular weight is 1270 g/mol. The van der Waals surface area contributed by atoms with Crippen molar-refractivity contribution in [2.45, 2.75) is 375 Å². The molecule has 3 fully saturated rings. The summed E-state index contributed by atoms with van der Waals surface area (Å²) in [7, 11) is 0. The van der Waals surface area contributed by atoms with E-state index in [1.807, 2.05) is 0 Å². The lowest BCUT2D eigenvalue weighted by molar-refractivity contribution is -0.379. The number of nitrogens with one attached hydrogen (secondary N) is 1. The SMILES string of the molecule is CC/C=C\C/C=C\C/C=C\CCCCCCCC(=O)NC(COC1OC(CO)C(OC2OC(CO)C(OC3OC(CO)C(O)C(O)C3O)C(O)C2O)C(O)C1O)C(O)CCCCCCCCCCCCCCCCCCCCCCCCCCCCCCC. The summed E-state index contributed by atoms with van der Waals surface area (Å²) in [6, 6.07) is -0.897. The molecular formula is C70H129NO18. The molecule has 12 N–H and O–H groups in total. The van der Waals surface area contributed by atoms with Crippen LogP contribution in [0.1, 0.15) is 271 Å². The molecule has 0 spiro atoms. The second kappa shape index (κ2) is 52.3. The summed E-state index contributed by atoms with van der Waals surface area (Å²) in [5, 5.41) is 121. The first kappa shape index (κ1) is 81.2. The molecule has 522 valence electrons. The Kier molecular flexibility index (Phi) is 47.7. The Labute approximate surface area is 536 Å². The maximum absolute atomic E-state index is 13.4. The summed E-state index contributed by atoms with van der Waals surface area (Å²) in [4.78, 5) is 13.4. The Balaban J connectivity index is 1.39. The van der Waals surface area contributed by atoms with E-state index in [4.69, 9.17) is 28.4 Å². The molecule has 89 heavy (non-hydrogen) atoms. The van der Waals surface area contributed by atoms with E-state index in [1.165, 1.54) is 161 Å². The molecule has 1 amide bonds. The molecule has 0 saturated carbocycles. The number of rotatable bonds is 55. The first-order chi connectivity index (χ1) is 43.3. The topological polar surface area (TPSA) is 307 Å². The van der Waals surface area contributed by atoms with Gasteiger partial charge in [0.15, 0.2) is 18.9 Å². The van der Waals surface area contributed by atoms with E-state index in [0.29, 0.717) is 12.8 Å². The number of carbonyl (C=O) groups is 1. The van der Waals surface area contributed by atoms with Gasteiger partial charge >= 0.3 is 0 Å². The van der Waals surface area contributed by atoms with Gasteiger partial charge in [0.05, 0.1) is 38.6 Å². The lowest BCUT2D eigenvalue weighted by Crippen LogP contribution is -2.66. The van der Waals surface area contributed by atoms with Crippen LogP contribution in [0.4, 0.5) is 0 Å². The van der Waals surface area contributed by atoms with Crippen molar-refractivity contribution in [3.05, 3.63) is 36.5 Å². The first-order valence-electron chi connectivity index (χ1n) is 35.7. The Morgan fingerprint density at radius 2 is 0.775 bits per heavy atom. The summed E-state index contributed by atoms with van der Waals surface area (Å²) in [6.07, 6.45) is 33.8. The second-order valence-corrected chi connectivity index (χ2v) is 25.7. The third kappa shape index (κ3) is 34.3. The fourth-order valence-electron chi connectivity index (χ4n) is 12.2. The minimum atomic E-state index is -1.97. The number of aliphatic hydroxyl groups is 11. The number of unbranched alkanes of at least 4 members (excludes halogenated alkanes) is 33. The van der Waals surface area contributed by atoms with Crippen LogP contribution in [0.5, 0.6) is 0 Å². The van der Waals surface area contributed by atoms with Gasteiger partial charge in [-0.1, -0.05) is 256 Å². The molecule has 17 atom stereocenters. The molecule has 3 aliphatic rings. The van der Waals surface area contributed by atoms with Gasteiger partial charge in [-0.25, -0.2) is 0 Å². The van der Waals surface area contributed by atoms with E-state index in [-0.39, 0.29) is 18.9 Å². The Morgan fingerprint density at radius 1 is 0.416 bits per heavy atom. The largest absolute Gasteiger partial charge is 0.394 e. The molecule has 0 aromatic heterocycles. The van der Waals surface area contributed by atoms with E-state index in [1.54, 1.807) is 0 Å². The summed E-state index contributed by atoms with van der Waals surface area (Å²) < 4.78 is 34.4. The molecule has 0 bridgehead atoms. The zero-order valence-electron chi connectivity index (χ0n) is 55.2. The maximum atomic E-state index is 13.4. The second-order valence-electron chi connectivity index (χ2n) is 25.7. The molecule has 3 aliphatic heterocycles. The number of allylic oxidation sites excluding steroid dienone is 6. The van der Waals surface area contributed by atoms with Crippen LogP contribution in [0.25, 0.3) is 0 Å². The highest BCUT2D eigenvalue weighted by Gasteiger charge is 2.53. The monoisotopic (exact) mass is 1270 g/mol. The number of ether oxygens (including phenoxy) is 6. The van der Waals surface area contributed by atoms with Gasteiger partial charge < -0.3 is 89.9 Å². The van der Waals surface area contributed by atoms with Crippen molar-refractivity contribution in [1.82, 2.24) is 5.32 Å². The van der Waals surface area contributed by atoms with E-state index in [9.17, 15) is 61.0 Å². The van der Waals surface area contributed by atoms with Crippen molar-refractivity contribution in [3.8, 4) is 0 Å². The summed E-state index contributed by atoms with van der Waals surface area (Å²) in [5.41, 5.74) is 0. The van der Waals surface area contributed by atoms with E-state index in [0.717, 1.165) is 77.0 Å².